The third-order valence-corrected chi connectivity index (χ3v) is 2.57. The molecular formula is C12H15ClN2O2. The molecule has 4 nitrogen and oxygen atoms in total. The third-order valence-electron chi connectivity index (χ3n) is 2.12. The highest BCUT2D eigenvalue weighted by molar-refractivity contribution is 6.30. The predicted molar refractivity (Wildman–Crippen MR) is 66.7 cm³/mol. The number of halogens is 1. The van der Waals surface area contributed by atoms with Gasteiger partial charge in [-0.25, -0.2) is 0 Å². The summed E-state index contributed by atoms with van der Waals surface area (Å²) in [6.07, 6.45) is 0. The van der Waals surface area contributed by atoms with E-state index in [4.69, 9.17) is 11.6 Å². The summed E-state index contributed by atoms with van der Waals surface area (Å²) in [4.78, 5) is 22.2. The third kappa shape index (κ3) is 4.87. The Hall–Kier alpha value is -1.55. The van der Waals surface area contributed by atoms with Crippen molar-refractivity contribution in [2.45, 2.75) is 12.3 Å². The fourth-order valence-electron chi connectivity index (χ4n) is 1.29. The Morgan fingerprint density at radius 2 is 1.76 bits per heavy atom. The average molecular weight is 255 g/mol. The van der Waals surface area contributed by atoms with Gasteiger partial charge in [0.05, 0.1) is 0 Å². The minimum absolute atomic E-state index is 0.121. The molecule has 1 aromatic carbocycles. The standard InChI is InChI=1S/C12H15ClN2O2/c1-9(16)14-7-8-15-12(17)11(13)10-5-3-2-4-6-10/h2-6,11H,7-8H2,1H3,(H,14,16)(H,15,17). The Morgan fingerprint density at radius 1 is 1.18 bits per heavy atom. The van der Waals surface area contributed by atoms with E-state index in [1.54, 1.807) is 12.1 Å². The smallest absolute Gasteiger partial charge is 0.242 e. The minimum atomic E-state index is -0.700. The molecule has 5 heteroatoms. The lowest BCUT2D eigenvalue weighted by molar-refractivity contribution is -0.121. The Balaban J connectivity index is 2.35. The number of rotatable bonds is 5. The monoisotopic (exact) mass is 254 g/mol. The van der Waals surface area contributed by atoms with Gasteiger partial charge in [-0.05, 0) is 5.56 Å². The quantitative estimate of drug-likeness (QED) is 0.613. The molecule has 0 spiro atoms. The number of carbonyl (C=O) groups excluding carboxylic acids is 2. The summed E-state index contributed by atoms with van der Waals surface area (Å²) in [5.41, 5.74) is 0.756. The highest BCUT2D eigenvalue weighted by Crippen LogP contribution is 2.19. The van der Waals surface area contributed by atoms with Crippen molar-refractivity contribution < 1.29 is 9.59 Å². The SMILES string of the molecule is CC(=O)NCCNC(=O)C(Cl)c1ccccc1. The Morgan fingerprint density at radius 3 is 2.35 bits per heavy atom. The highest BCUT2D eigenvalue weighted by Gasteiger charge is 2.16. The van der Waals surface area contributed by atoms with Gasteiger partial charge >= 0.3 is 0 Å². The van der Waals surface area contributed by atoms with Crippen molar-refractivity contribution in [2.75, 3.05) is 13.1 Å². The molecule has 0 aliphatic rings. The van der Waals surface area contributed by atoms with E-state index in [2.05, 4.69) is 10.6 Å². The maximum absolute atomic E-state index is 11.6. The van der Waals surface area contributed by atoms with Crippen molar-refractivity contribution in [3.63, 3.8) is 0 Å². The molecule has 2 amide bonds. The van der Waals surface area contributed by atoms with Crippen molar-refractivity contribution in [1.82, 2.24) is 10.6 Å². The molecule has 0 bridgehead atoms. The topological polar surface area (TPSA) is 58.2 Å². The van der Waals surface area contributed by atoms with Gasteiger partial charge in [-0.3, -0.25) is 9.59 Å². The fraction of sp³-hybridized carbons (Fsp3) is 0.333. The van der Waals surface area contributed by atoms with Crippen LogP contribution in [0.2, 0.25) is 0 Å². The maximum atomic E-state index is 11.6. The van der Waals surface area contributed by atoms with E-state index in [0.717, 1.165) is 5.56 Å². The zero-order valence-electron chi connectivity index (χ0n) is 9.57. The average Bonchev–Trinajstić information content (AvgIpc) is 2.34. The van der Waals surface area contributed by atoms with Crippen molar-refractivity contribution in [2.24, 2.45) is 0 Å². The van der Waals surface area contributed by atoms with Gasteiger partial charge in [0.1, 0.15) is 5.38 Å². The summed E-state index contributed by atoms with van der Waals surface area (Å²) in [5, 5.41) is 4.53. The number of hydrogen-bond acceptors (Lipinski definition) is 2. The minimum Gasteiger partial charge on any atom is -0.355 e. The van der Waals surface area contributed by atoms with Gasteiger partial charge in [0.2, 0.25) is 11.8 Å². The van der Waals surface area contributed by atoms with Crippen molar-refractivity contribution in [3.05, 3.63) is 35.9 Å². The molecule has 0 heterocycles. The van der Waals surface area contributed by atoms with Gasteiger partial charge in [0.15, 0.2) is 0 Å². The summed E-state index contributed by atoms with van der Waals surface area (Å²) in [5.74, 6) is -0.382. The number of benzene rings is 1. The Bertz CT molecular complexity index is 381. The van der Waals surface area contributed by atoms with Gasteiger partial charge in [-0.2, -0.15) is 0 Å². The zero-order chi connectivity index (χ0) is 12.7. The maximum Gasteiger partial charge on any atom is 0.242 e. The molecule has 1 unspecified atom stereocenters. The van der Waals surface area contributed by atoms with Gasteiger partial charge in [0.25, 0.3) is 0 Å². The summed E-state index contributed by atoms with van der Waals surface area (Å²) in [6.45, 7) is 2.20. The number of carbonyl (C=O) groups is 2. The van der Waals surface area contributed by atoms with Crippen LogP contribution in [0.5, 0.6) is 0 Å². The second-order valence-electron chi connectivity index (χ2n) is 3.55. The number of nitrogens with one attached hydrogen (secondary N) is 2. The zero-order valence-corrected chi connectivity index (χ0v) is 10.3. The summed E-state index contributed by atoms with van der Waals surface area (Å²) >= 11 is 6.00. The lowest BCUT2D eigenvalue weighted by Gasteiger charge is -2.10. The van der Waals surface area contributed by atoms with Crippen LogP contribution in [0.1, 0.15) is 17.9 Å². The Labute approximate surface area is 105 Å². The van der Waals surface area contributed by atoms with Gasteiger partial charge in [0, 0.05) is 20.0 Å². The van der Waals surface area contributed by atoms with E-state index in [-0.39, 0.29) is 11.8 Å². The fourth-order valence-corrected chi connectivity index (χ4v) is 1.51. The van der Waals surface area contributed by atoms with E-state index < -0.39 is 5.38 Å². The van der Waals surface area contributed by atoms with Crippen LogP contribution >= 0.6 is 11.6 Å². The molecule has 0 aliphatic carbocycles. The second kappa shape index (κ2) is 6.91. The summed E-state index contributed by atoms with van der Waals surface area (Å²) in [6, 6.07) is 9.11. The van der Waals surface area contributed by atoms with Crippen LogP contribution < -0.4 is 10.6 Å². The molecule has 1 rings (SSSR count). The normalized spacial score (nSPS) is 11.6. The van der Waals surface area contributed by atoms with Crippen molar-refractivity contribution in [1.29, 1.82) is 0 Å². The van der Waals surface area contributed by atoms with Crippen LogP contribution in [0.4, 0.5) is 0 Å². The van der Waals surface area contributed by atoms with Crippen molar-refractivity contribution >= 4 is 23.4 Å². The molecule has 17 heavy (non-hydrogen) atoms. The molecule has 0 aliphatic heterocycles. The van der Waals surface area contributed by atoms with Gasteiger partial charge in [-0.1, -0.05) is 30.3 Å². The lowest BCUT2D eigenvalue weighted by Crippen LogP contribution is -2.35. The number of amides is 2. The lowest BCUT2D eigenvalue weighted by atomic mass is 10.1. The van der Waals surface area contributed by atoms with E-state index in [0.29, 0.717) is 13.1 Å². The van der Waals surface area contributed by atoms with Crippen LogP contribution in [-0.4, -0.2) is 24.9 Å². The number of hydrogen-bond donors (Lipinski definition) is 2. The van der Waals surface area contributed by atoms with Crippen LogP contribution in [-0.2, 0) is 9.59 Å². The van der Waals surface area contributed by atoms with Gasteiger partial charge in [-0.15, -0.1) is 11.6 Å². The highest BCUT2D eigenvalue weighted by atomic mass is 35.5. The number of alkyl halides is 1. The molecule has 0 fully saturated rings. The molecule has 2 N–H and O–H groups in total. The molecule has 1 aromatic rings. The van der Waals surface area contributed by atoms with Crippen LogP contribution in [0, 0.1) is 0 Å². The predicted octanol–water partition coefficient (Wildman–Crippen LogP) is 1.22. The first-order valence-corrected chi connectivity index (χ1v) is 5.76. The molecule has 92 valence electrons. The second-order valence-corrected chi connectivity index (χ2v) is 3.98. The van der Waals surface area contributed by atoms with Gasteiger partial charge < -0.3 is 10.6 Å². The van der Waals surface area contributed by atoms with Crippen LogP contribution in [0.25, 0.3) is 0 Å². The molecule has 0 radical (unpaired) electrons. The molecular weight excluding hydrogens is 240 g/mol. The van der Waals surface area contributed by atoms with E-state index in [1.165, 1.54) is 6.92 Å². The van der Waals surface area contributed by atoms with E-state index in [1.807, 2.05) is 18.2 Å². The van der Waals surface area contributed by atoms with E-state index >= 15 is 0 Å². The summed E-state index contributed by atoms with van der Waals surface area (Å²) < 4.78 is 0. The summed E-state index contributed by atoms with van der Waals surface area (Å²) in [7, 11) is 0. The first-order chi connectivity index (χ1) is 8.11. The molecule has 1 atom stereocenters. The first kappa shape index (κ1) is 13.5. The van der Waals surface area contributed by atoms with Crippen LogP contribution in [0.3, 0.4) is 0 Å². The first-order valence-electron chi connectivity index (χ1n) is 5.32. The Kier molecular flexibility index (Phi) is 5.49. The largest absolute Gasteiger partial charge is 0.355 e. The molecule has 0 aromatic heterocycles. The molecule has 0 saturated carbocycles. The van der Waals surface area contributed by atoms with Crippen molar-refractivity contribution in [3.8, 4) is 0 Å². The molecule has 0 saturated heterocycles. The van der Waals surface area contributed by atoms with E-state index in [9.17, 15) is 9.59 Å². The van der Waals surface area contributed by atoms with Crippen LogP contribution in [0.15, 0.2) is 30.3 Å².